The normalized spacial score (nSPS) is 11.6. The third-order valence-corrected chi connectivity index (χ3v) is 2.14. The quantitative estimate of drug-likeness (QED) is 0.468. The van der Waals surface area contributed by atoms with E-state index in [2.05, 4.69) is 0 Å². The molecule has 1 nitrogen and oxygen atoms in total. The Bertz CT molecular complexity index is 112. The van der Waals surface area contributed by atoms with Crippen LogP contribution in [0.3, 0.4) is 0 Å². The van der Waals surface area contributed by atoms with E-state index in [0.29, 0.717) is 5.75 Å². The molecule has 52 valence electrons. The molecule has 3 heteroatoms. The lowest BCUT2D eigenvalue weighted by Crippen LogP contribution is -1.82. The van der Waals surface area contributed by atoms with Crippen LogP contribution < -0.4 is 0 Å². The maximum Gasteiger partial charge on any atom is 0.129 e. The average Bonchev–Trinajstić information content (AvgIpc) is 1.89. The first-order valence-electron chi connectivity index (χ1n) is 2.63. The van der Waals surface area contributed by atoms with E-state index in [4.69, 9.17) is 11.6 Å². The van der Waals surface area contributed by atoms with Gasteiger partial charge in [0.25, 0.3) is 0 Å². The van der Waals surface area contributed by atoms with E-state index >= 15 is 0 Å². The van der Waals surface area contributed by atoms with Gasteiger partial charge in [0.05, 0.1) is 0 Å². The van der Waals surface area contributed by atoms with E-state index in [1.807, 2.05) is 13.0 Å². The van der Waals surface area contributed by atoms with Crippen molar-refractivity contribution in [2.45, 2.75) is 6.92 Å². The molecule has 0 aromatic rings. The Kier molecular flexibility index (Phi) is 6.21. The monoisotopic (exact) mass is 164 g/mol. The molecule has 0 bridgehead atoms. The standard InChI is InChI=1S/C6H9ClOS/c1-2-6(7)5-9-4-3-8/h2-3H,4-5H2,1H3/b6-2-. The number of hydrogen-bond acceptors (Lipinski definition) is 2. The number of carbonyl (C=O) groups excluding carboxylic acids is 1. The van der Waals surface area contributed by atoms with Gasteiger partial charge in [-0.1, -0.05) is 17.7 Å². The average molecular weight is 165 g/mol. The molecule has 0 aliphatic rings. The molecule has 0 atom stereocenters. The lowest BCUT2D eigenvalue weighted by atomic mass is 10.6. The number of halogens is 1. The molecule has 0 saturated heterocycles. The fraction of sp³-hybridized carbons (Fsp3) is 0.500. The van der Waals surface area contributed by atoms with Gasteiger partial charge in [-0.25, -0.2) is 0 Å². The van der Waals surface area contributed by atoms with Crippen molar-refractivity contribution in [2.75, 3.05) is 11.5 Å². The Balaban J connectivity index is 3.17. The second-order valence-corrected chi connectivity index (χ2v) is 2.93. The Morgan fingerprint density at radius 1 is 1.78 bits per heavy atom. The molecular weight excluding hydrogens is 156 g/mol. The van der Waals surface area contributed by atoms with E-state index < -0.39 is 0 Å². The molecule has 9 heavy (non-hydrogen) atoms. The van der Waals surface area contributed by atoms with Gasteiger partial charge in [0, 0.05) is 16.5 Å². The smallest absolute Gasteiger partial charge is 0.129 e. The molecule has 0 aliphatic heterocycles. The van der Waals surface area contributed by atoms with E-state index in [1.54, 1.807) is 0 Å². The number of carbonyl (C=O) groups is 1. The van der Waals surface area contributed by atoms with E-state index in [-0.39, 0.29) is 0 Å². The lowest BCUT2D eigenvalue weighted by molar-refractivity contribution is -0.105. The van der Waals surface area contributed by atoms with Gasteiger partial charge in [0.15, 0.2) is 0 Å². The summed E-state index contributed by atoms with van der Waals surface area (Å²) < 4.78 is 0. The summed E-state index contributed by atoms with van der Waals surface area (Å²) in [6.45, 7) is 1.88. The van der Waals surface area contributed by atoms with Crippen molar-refractivity contribution in [1.29, 1.82) is 0 Å². The number of allylic oxidation sites excluding steroid dienone is 1. The zero-order valence-electron chi connectivity index (χ0n) is 5.26. The number of hydrogen-bond donors (Lipinski definition) is 0. The maximum atomic E-state index is 9.79. The summed E-state index contributed by atoms with van der Waals surface area (Å²) in [6, 6.07) is 0. The van der Waals surface area contributed by atoms with Crippen LogP contribution in [-0.4, -0.2) is 17.8 Å². The highest BCUT2D eigenvalue weighted by molar-refractivity contribution is 8.00. The molecule has 0 fully saturated rings. The Labute approximate surface area is 64.5 Å². The van der Waals surface area contributed by atoms with Crippen LogP contribution in [0.1, 0.15) is 6.92 Å². The van der Waals surface area contributed by atoms with Crippen LogP contribution in [0.5, 0.6) is 0 Å². The van der Waals surface area contributed by atoms with Crippen LogP contribution in [-0.2, 0) is 4.79 Å². The number of thioether (sulfide) groups is 1. The Morgan fingerprint density at radius 3 is 2.89 bits per heavy atom. The van der Waals surface area contributed by atoms with Crippen molar-refractivity contribution in [3.63, 3.8) is 0 Å². The van der Waals surface area contributed by atoms with Gasteiger partial charge in [0.1, 0.15) is 6.29 Å². The highest BCUT2D eigenvalue weighted by Gasteiger charge is 1.88. The van der Waals surface area contributed by atoms with Crippen molar-refractivity contribution < 1.29 is 4.79 Å². The Morgan fingerprint density at radius 2 is 2.44 bits per heavy atom. The Hall–Kier alpha value is 0.0500. The zero-order valence-corrected chi connectivity index (χ0v) is 6.84. The molecule has 0 saturated carbocycles. The predicted octanol–water partition coefficient (Wildman–Crippen LogP) is 2.06. The molecule has 0 aliphatic carbocycles. The molecule has 0 radical (unpaired) electrons. The van der Waals surface area contributed by atoms with Crippen LogP contribution in [0.15, 0.2) is 11.1 Å². The first-order chi connectivity index (χ1) is 4.31. The second kappa shape index (κ2) is 6.17. The van der Waals surface area contributed by atoms with Gasteiger partial charge in [-0.05, 0) is 6.92 Å². The van der Waals surface area contributed by atoms with Gasteiger partial charge in [-0.15, -0.1) is 11.8 Å². The minimum Gasteiger partial charge on any atom is -0.302 e. The largest absolute Gasteiger partial charge is 0.302 e. The van der Waals surface area contributed by atoms with Crippen LogP contribution in [0.2, 0.25) is 0 Å². The minimum atomic E-state index is 0.532. The molecule has 0 aromatic heterocycles. The summed E-state index contributed by atoms with van der Waals surface area (Å²) in [5.41, 5.74) is 0. The van der Waals surface area contributed by atoms with Crippen LogP contribution >= 0.6 is 23.4 Å². The summed E-state index contributed by atoms with van der Waals surface area (Å²) in [7, 11) is 0. The third-order valence-electron chi connectivity index (χ3n) is 0.739. The van der Waals surface area contributed by atoms with Crippen LogP contribution in [0.25, 0.3) is 0 Å². The van der Waals surface area contributed by atoms with E-state index in [0.717, 1.165) is 17.1 Å². The van der Waals surface area contributed by atoms with Crippen molar-refractivity contribution in [1.82, 2.24) is 0 Å². The van der Waals surface area contributed by atoms with Crippen LogP contribution in [0.4, 0.5) is 0 Å². The molecule has 0 aromatic carbocycles. The van der Waals surface area contributed by atoms with Gasteiger partial charge >= 0.3 is 0 Å². The number of aldehydes is 1. The topological polar surface area (TPSA) is 17.1 Å². The van der Waals surface area contributed by atoms with Crippen molar-refractivity contribution in [3.8, 4) is 0 Å². The number of rotatable bonds is 4. The van der Waals surface area contributed by atoms with Gasteiger partial charge < -0.3 is 4.79 Å². The molecule has 0 rings (SSSR count). The molecule has 0 unspecified atom stereocenters. The summed E-state index contributed by atoms with van der Waals surface area (Å²) in [4.78, 5) is 9.79. The summed E-state index contributed by atoms with van der Waals surface area (Å²) in [5.74, 6) is 1.28. The molecule has 0 heterocycles. The first-order valence-corrected chi connectivity index (χ1v) is 4.16. The van der Waals surface area contributed by atoms with Crippen molar-refractivity contribution >= 4 is 29.6 Å². The van der Waals surface area contributed by atoms with E-state index in [9.17, 15) is 4.79 Å². The minimum absolute atomic E-state index is 0.532. The van der Waals surface area contributed by atoms with Crippen molar-refractivity contribution in [3.05, 3.63) is 11.1 Å². The predicted molar refractivity (Wildman–Crippen MR) is 43.0 cm³/mol. The fourth-order valence-electron chi connectivity index (χ4n) is 0.288. The van der Waals surface area contributed by atoms with Gasteiger partial charge in [0.2, 0.25) is 0 Å². The summed E-state index contributed by atoms with van der Waals surface area (Å²) >= 11 is 7.14. The summed E-state index contributed by atoms with van der Waals surface area (Å²) in [6.07, 6.45) is 2.71. The van der Waals surface area contributed by atoms with Crippen LogP contribution in [0, 0.1) is 0 Å². The highest BCUT2D eigenvalue weighted by atomic mass is 35.5. The van der Waals surface area contributed by atoms with Gasteiger partial charge in [-0.3, -0.25) is 0 Å². The van der Waals surface area contributed by atoms with Gasteiger partial charge in [-0.2, -0.15) is 0 Å². The third kappa shape index (κ3) is 5.93. The van der Waals surface area contributed by atoms with E-state index in [1.165, 1.54) is 11.8 Å². The summed E-state index contributed by atoms with van der Waals surface area (Å²) in [5, 5.41) is 0.807. The lowest BCUT2D eigenvalue weighted by Gasteiger charge is -1.91. The molecular formula is C6H9ClOS. The second-order valence-electron chi connectivity index (χ2n) is 1.42. The first kappa shape index (κ1) is 9.05. The zero-order chi connectivity index (χ0) is 7.11. The van der Waals surface area contributed by atoms with Crippen molar-refractivity contribution in [2.24, 2.45) is 0 Å². The maximum absolute atomic E-state index is 9.79. The molecule has 0 amide bonds. The fourth-order valence-corrected chi connectivity index (χ4v) is 1.10. The SMILES string of the molecule is C/C=C(\Cl)CSCC=O. The molecule has 0 spiro atoms. The highest BCUT2D eigenvalue weighted by Crippen LogP contribution is 2.09. The molecule has 0 N–H and O–H groups in total.